The molecule has 3 saturated carbocycles. The second-order valence-corrected chi connectivity index (χ2v) is 9.39. The van der Waals surface area contributed by atoms with Crippen LogP contribution in [0.3, 0.4) is 0 Å². The third-order valence-corrected chi connectivity index (χ3v) is 7.19. The maximum absolute atomic E-state index is 11.0. The first-order valence-electron chi connectivity index (χ1n) is 9.37. The van der Waals surface area contributed by atoms with Crippen LogP contribution in [0.4, 0.5) is 0 Å². The van der Waals surface area contributed by atoms with E-state index in [1.54, 1.807) is 21.0 Å². The van der Waals surface area contributed by atoms with Gasteiger partial charge in [-0.05, 0) is 70.1 Å². The molecule has 0 aromatic rings. The molecule has 3 nitrogen and oxygen atoms in total. The smallest absolute Gasteiger partial charge is 0.0812 e. The number of ether oxygens (including phenoxy) is 1. The van der Waals surface area contributed by atoms with Crippen LogP contribution in [-0.4, -0.2) is 34.6 Å². The predicted octanol–water partition coefficient (Wildman–Crippen LogP) is 3.71. The van der Waals surface area contributed by atoms with E-state index in [-0.39, 0.29) is 17.4 Å². The number of allylic oxidation sites excluding steroid dienone is 1. The standard InChI is InChI=1S/C21H34O3/c1-13-7-8-15-18(17-14(13)9-12-20(17,4)23)21(15,5)16(24-6)10-11-19(2,3)22/h10-11,14-18,22-23H,1,7-9,12H2,2-6H3/b11-10+/t14-,15+,16?,17-,18+,20-,21+/m0/s1. The lowest BCUT2D eigenvalue weighted by Gasteiger charge is -2.33. The Labute approximate surface area is 146 Å². The van der Waals surface area contributed by atoms with Crippen LogP contribution in [0.1, 0.15) is 53.4 Å². The molecule has 24 heavy (non-hydrogen) atoms. The van der Waals surface area contributed by atoms with Crippen molar-refractivity contribution in [2.24, 2.45) is 29.1 Å². The number of fused-ring (bicyclic) bond motifs is 3. The molecule has 0 aliphatic heterocycles. The maximum atomic E-state index is 11.0. The largest absolute Gasteiger partial charge is 0.390 e. The van der Waals surface area contributed by atoms with Crippen molar-refractivity contribution in [3.8, 4) is 0 Å². The van der Waals surface area contributed by atoms with Gasteiger partial charge in [-0.15, -0.1) is 0 Å². The highest BCUT2D eigenvalue weighted by atomic mass is 16.5. The zero-order valence-electron chi connectivity index (χ0n) is 15.9. The highest BCUT2D eigenvalue weighted by molar-refractivity contribution is 5.27. The molecule has 0 amide bonds. The van der Waals surface area contributed by atoms with E-state index in [2.05, 4.69) is 13.5 Å². The lowest BCUT2D eigenvalue weighted by Crippen LogP contribution is -2.37. The molecule has 3 aliphatic carbocycles. The summed E-state index contributed by atoms with van der Waals surface area (Å²) in [6.45, 7) is 12.2. The monoisotopic (exact) mass is 334 g/mol. The van der Waals surface area contributed by atoms with Crippen molar-refractivity contribution < 1.29 is 14.9 Å². The van der Waals surface area contributed by atoms with Gasteiger partial charge >= 0.3 is 0 Å². The van der Waals surface area contributed by atoms with E-state index in [1.807, 2.05) is 19.1 Å². The summed E-state index contributed by atoms with van der Waals surface area (Å²) in [4.78, 5) is 0. The minimum Gasteiger partial charge on any atom is -0.390 e. The molecular formula is C21H34O3. The molecule has 3 fully saturated rings. The minimum absolute atomic E-state index is 0.0256. The molecule has 0 heterocycles. The van der Waals surface area contributed by atoms with E-state index >= 15 is 0 Å². The van der Waals surface area contributed by atoms with E-state index in [0.717, 1.165) is 25.7 Å². The van der Waals surface area contributed by atoms with Gasteiger partial charge in [0.1, 0.15) is 0 Å². The lowest BCUT2D eigenvalue weighted by molar-refractivity contribution is -0.0119. The Hall–Kier alpha value is -0.640. The van der Waals surface area contributed by atoms with Crippen molar-refractivity contribution in [3.05, 3.63) is 24.3 Å². The maximum Gasteiger partial charge on any atom is 0.0812 e. The van der Waals surface area contributed by atoms with Crippen molar-refractivity contribution in [1.29, 1.82) is 0 Å². The van der Waals surface area contributed by atoms with Gasteiger partial charge in [0.15, 0.2) is 0 Å². The van der Waals surface area contributed by atoms with Crippen LogP contribution < -0.4 is 0 Å². The highest BCUT2D eigenvalue weighted by Crippen LogP contribution is 2.73. The quantitative estimate of drug-likeness (QED) is 0.771. The van der Waals surface area contributed by atoms with Crippen LogP contribution in [0.15, 0.2) is 24.3 Å². The van der Waals surface area contributed by atoms with E-state index < -0.39 is 11.2 Å². The van der Waals surface area contributed by atoms with E-state index in [4.69, 9.17) is 4.74 Å². The number of methoxy groups -OCH3 is 1. The van der Waals surface area contributed by atoms with Crippen LogP contribution in [0.5, 0.6) is 0 Å². The lowest BCUT2D eigenvalue weighted by atomic mass is 9.76. The summed E-state index contributed by atoms with van der Waals surface area (Å²) in [7, 11) is 1.76. The number of aliphatic hydroxyl groups is 2. The molecule has 0 bridgehead atoms. The fraction of sp³-hybridized carbons (Fsp3) is 0.810. The molecule has 3 rings (SSSR count). The summed E-state index contributed by atoms with van der Waals surface area (Å²) in [5.41, 5.74) is -0.0567. The highest BCUT2D eigenvalue weighted by Gasteiger charge is 2.71. The first-order valence-corrected chi connectivity index (χ1v) is 9.37. The summed E-state index contributed by atoms with van der Waals surface area (Å²) in [5.74, 6) is 1.77. The van der Waals surface area contributed by atoms with Crippen molar-refractivity contribution in [1.82, 2.24) is 0 Å². The van der Waals surface area contributed by atoms with Crippen LogP contribution in [0.2, 0.25) is 0 Å². The zero-order chi connectivity index (χ0) is 17.9. The van der Waals surface area contributed by atoms with Crippen molar-refractivity contribution in [2.45, 2.75) is 70.7 Å². The Morgan fingerprint density at radius 2 is 1.96 bits per heavy atom. The van der Waals surface area contributed by atoms with Crippen LogP contribution in [0.25, 0.3) is 0 Å². The number of hydrogen-bond acceptors (Lipinski definition) is 3. The Morgan fingerprint density at radius 3 is 2.54 bits per heavy atom. The summed E-state index contributed by atoms with van der Waals surface area (Å²) in [5, 5.41) is 21.1. The van der Waals surface area contributed by atoms with E-state index in [9.17, 15) is 10.2 Å². The molecule has 7 atom stereocenters. The number of hydrogen-bond donors (Lipinski definition) is 2. The molecule has 0 radical (unpaired) electrons. The molecule has 2 N–H and O–H groups in total. The topological polar surface area (TPSA) is 49.7 Å². The Kier molecular flexibility index (Phi) is 4.30. The molecule has 1 unspecified atom stereocenters. The fourth-order valence-corrected chi connectivity index (χ4v) is 5.90. The molecule has 0 spiro atoms. The molecule has 0 aromatic carbocycles. The van der Waals surface area contributed by atoms with Crippen molar-refractivity contribution >= 4 is 0 Å². The van der Waals surface area contributed by atoms with Crippen molar-refractivity contribution in [3.63, 3.8) is 0 Å². The third-order valence-electron chi connectivity index (χ3n) is 7.19. The van der Waals surface area contributed by atoms with Gasteiger partial charge in [0, 0.05) is 12.5 Å². The van der Waals surface area contributed by atoms with Crippen LogP contribution in [-0.2, 0) is 4.74 Å². The van der Waals surface area contributed by atoms with Gasteiger partial charge in [0.05, 0.1) is 17.3 Å². The molecule has 0 aromatic heterocycles. The Bertz CT molecular complexity index is 542. The zero-order valence-corrected chi connectivity index (χ0v) is 15.9. The van der Waals surface area contributed by atoms with Gasteiger partial charge in [-0.2, -0.15) is 0 Å². The van der Waals surface area contributed by atoms with Gasteiger partial charge in [-0.25, -0.2) is 0 Å². The number of rotatable bonds is 4. The minimum atomic E-state index is -0.834. The van der Waals surface area contributed by atoms with Gasteiger partial charge in [0.25, 0.3) is 0 Å². The first kappa shape index (κ1) is 18.2. The normalized spacial score (nSPS) is 46.5. The summed E-state index contributed by atoms with van der Waals surface area (Å²) in [6, 6.07) is 0. The molecule has 136 valence electrons. The van der Waals surface area contributed by atoms with Crippen molar-refractivity contribution in [2.75, 3.05) is 7.11 Å². The summed E-state index contributed by atoms with van der Waals surface area (Å²) >= 11 is 0. The summed E-state index contributed by atoms with van der Waals surface area (Å²) < 4.78 is 5.85. The third kappa shape index (κ3) is 2.79. The fourth-order valence-electron chi connectivity index (χ4n) is 5.90. The first-order chi connectivity index (χ1) is 11.0. The molecule has 0 saturated heterocycles. The second kappa shape index (κ2) is 5.69. The van der Waals surface area contributed by atoms with E-state index in [1.165, 1.54) is 5.57 Å². The van der Waals surface area contributed by atoms with Gasteiger partial charge in [-0.1, -0.05) is 31.2 Å². The molecule has 3 aliphatic rings. The molecular weight excluding hydrogens is 300 g/mol. The molecule has 3 heteroatoms. The Balaban J connectivity index is 1.90. The van der Waals surface area contributed by atoms with Gasteiger partial charge in [-0.3, -0.25) is 0 Å². The average Bonchev–Trinajstić information content (AvgIpc) is 2.96. The second-order valence-electron chi connectivity index (χ2n) is 9.39. The SMILES string of the molecule is C=C1CC[C@@H]2[C@H]([C@@H]3[C@H]1CC[C@]3(C)O)[C@@]2(C)C(/C=C/C(C)(C)O)OC. The summed E-state index contributed by atoms with van der Waals surface area (Å²) in [6.07, 6.45) is 7.99. The van der Waals surface area contributed by atoms with Crippen LogP contribution >= 0.6 is 0 Å². The average molecular weight is 335 g/mol. The van der Waals surface area contributed by atoms with E-state index in [0.29, 0.717) is 17.8 Å². The Morgan fingerprint density at radius 1 is 1.29 bits per heavy atom. The van der Waals surface area contributed by atoms with Gasteiger partial charge in [0.2, 0.25) is 0 Å². The van der Waals surface area contributed by atoms with Gasteiger partial charge < -0.3 is 14.9 Å². The van der Waals surface area contributed by atoms with Crippen LogP contribution in [0, 0.1) is 29.1 Å². The predicted molar refractivity (Wildman–Crippen MR) is 96.5 cm³/mol.